The van der Waals surface area contributed by atoms with Crippen molar-refractivity contribution in [3.8, 4) is 0 Å². The van der Waals surface area contributed by atoms with Gasteiger partial charge in [-0.1, -0.05) is 19.1 Å². The van der Waals surface area contributed by atoms with Crippen LogP contribution >= 0.6 is 0 Å². The van der Waals surface area contributed by atoms with E-state index in [2.05, 4.69) is 37.1 Å². The lowest BCUT2D eigenvalue weighted by molar-refractivity contribution is -0.129. The molecule has 4 heteroatoms. The zero-order valence-electron chi connectivity index (χ0n) is 13.0. The molecular formula is C17H25N3O. The van der Waals surface area contributed by atoms with Crippen LogP contribution in [0.3, 0.4) is 0 Å². The summed E-state index contributed by atoms with van der Waals surface area (Å²) in [7, 11) is 2.14. The molecule has 114 valence electrons. The van der Waals surface area contributed by atoms with E-state index < -0.39 is 0 Å². The van der Waals surface area contributed by atoms with E-state index in [9.17, 15) is 4.79 Å². The maximum absolute atomic E-state index is 12.1. The van der Waals surface area contributed by atoms with E-state index in [1.54, 1.807) is 0 Å². The van der Waals surface area contributed by atoms with Gasteiger partial charge in [0.25, 0.3) is 0 Å². The van der Waals surface area contributed by atoms with Crippen molar-refractivity contribution in [1.29, 1.82) is 0 Å². The van der Waals surface area contributed by atoms with Gasteiger partial charge in [-0.15, -0.1) is 0 Å². The average molecular weight is 287 g/mol. The Kier molecular flexibility index (Phi) is 3.89. The Bertz CT molecular complexity index is 543. The summed E-state index contributed by atoms with van der Waals surface area (Å²) in [5.41, 5.74) is 10.2. The highest BCUT2D eigenvalue weighted by atomic mass is 16.2. The van der Waals surface area contributed by atoms with Crippen molar-refractivity contribution >= 4 is 11.6 Å². The molecule has 4 nitrogen and oxygen atoms in total. The van der Waals surface area contributed by atoms with Gasteiger partial charge in [0, 0.05) is 38.3 Å². The molecule has 1 aromatic rings. The van der Waals surface area contributed by atoms with E-state index in [1.165, 1.54) is 23.2 Å². The second kappa shape index (κ2) is 5.68. The van der Waals surface area contributed by atoms with E-state index in [1.807, 2.05) is 4.90 Å². The van der Waals surface area contributed by atoms with Crippen LogP contribution in [0, 0.1) is 0 Å². The average Bonchev–Trinajstić information content (AvgIpc) is 2.74. The van der Waals surface area contributed by atoms with Crippen molar-refractivity contribution in [3.05, 3.63) is 29.3 Å². The third-order valence-electron chi connectivity index (χ3n) is 4.73. The molecule has 1 amide bonds. The van der Waals surface area contributed by atoms with Gasteiger partial charge in [0.15, 0.2) is 0 Å². The molecule has 1 fully saturated rings. The number of aryl methyl sites for hydroxylation is 1. The van der Waals surface area contributed by atoms with Crippen LogP contribution in [0.4, 0.5) is 5.69 Å². The summed E-state index contributed by atoms with van der Waals surface area (Å²) in [6.45, 7) is 4.03. The summed E-state index contributed by atoms with van der Waals surface area (Å²) in [6, 6.07) is 6.60. The lowest BCUT2D eigenvalue weighted by Crippen LogP contribution is -2.34. The zero-order chi connectivity index (χ0) is 15.0. The minimum atomic E-state index is -0.0802. The number of amides is 1. The third kappa shape index (κ3) is 2.53. The Labute approximate surface area is 126 Å². The smallest absolute Gasteiger partial charge is 0.224 e. The molecule has 21 heavy (non-hydrogen) atoms. The van der Waals surface area contributed by atoms with Crippen LogP contribution in [0.25, 0.3) is 0 Å². The van der Waals surface area contributed by atoms with Crippen LogP contribution in [-0.4, -0.2) is 37.0 Å². The molecule has 0 saturated carbocycles. The maximum Gasteiger partial charge on any atom is 0.224 e. The van der Waals surface area contributed by atoms with E-state index in [0.717, 1.165) is 25.9 Å². The Morgan fingerprint density at radius 1 is 1.38 bits per heavy atom. The van der Waals surface area contributed by atoms with Crippen molar-refractivity contribution in [2.45, 2.75) is 44.7 Å². The predicted octanol–water partition coefficient (Wildman–Crippen LogP) is 2.08. The topological polar surface area (TPSA) is 49.6 Å². The molecule has 2 unspecified atom stereocenters. The van der Waals surface area contributed by atoms with Gasteiger partial charge in [-0.3, -0.25) is 4.79 Å². The van der Waals surface area contributed by atoms with Gasteiger partial charge < -0.3 is 15.5 Å². The fourth-order valence-electron chi connectivity index (χ4n) is 3.74. The van der Waals surface area contributed by atoms with Gasteiger partial charge in [-0.2, -0.15) is 0 Å². The third-order valence-corrected chi connectivity index (χ3v) is 4.73. The number of carbonyl (C=O) groups excluding carboxylic acids is 1. The molecule has 0 aromatic heterocycles. The van der Waals surface area contributed by atoms with Gasteiger partial charge in [-0.25, -0.2) is 0 Å². The van der Waals surface area contributed by atoms with Crippen molar-refractivity contribution < 1.29 is 4.79 Å². The first-order valence-corrected chi connectivity index (χ1v) is 8.01. The second-order valence-corrected chi connectivity index (χ2v) is 6.31. The molecule has 0 radical (unpaired) electrons. The highest BCUT2D eigenvalue weighted by Gasteiger charge is 2.38. The van der Waals surface area contributed by atoms with E-state index in [-0.39, 0.29) is 18.0 Å². The summed E-state index contributed by atoms with van der Waals surface area (Å²) >= 11 is 0. The summed E-state index contributed by atoms with van der Waals surface area (Å²) in [5.74, 6) is 0.198. The van der Waals surface area contributed by atoms with Crippen LogP contribution in [0.2, 0.25) is 0 Å². The van der Waals surface area contributed by atoms with E-state index in [4.69, 9.17) is 5.73 Å². The summed E-state index contributed by atoms with van der Waals surface area (Å²) in [6.07, 6.45) is 3.77. The number of nitrogens with two attached hydrogens (primary N) is 1. The molecule has 0 bridgehead atoms. The number of hydrogen-bond acceptors (Lipinski definition) is 3. The fourth-order valence-corrected chi connectivity index (χ4v) is 3.74. The van der Waals surface area contributed by atoms with Crippen LogP contribution in [0.1, 0.15) is 43.4 Å². The largest absolute Gasteiger partial charge is 0.374 e. The molecule has 2 aliphatic rings. The fraction of sp³-hybridized carbons (Fsp3) is 0.588. The Morgan fingerprint density at radius 3 is 2.95 bits per heavy atom. The lowest BCUT2D eigenvalue weighted by atomic mass is 9.94. The van der Waals surface area contributed by atoms with Crippen LogP contribution in [0.15, 0.2) is 18.2 Å². The molecule has 2 N–H and O–H groups in total. The van der Waals surface area contributed by atoms with Gasteiger partial charge in [-0.05, 0) is 36.5 Å². The van der Waals surface area contributed by atoms with E-state index >= 15 is 0 Å². The molecule has 0 aliphatic carbocycles. The Hall–Kier alpha value is -1.55. The molecule has 1 aromatic carbocycles. The molecule has 3 rings (SSSR count). The highest BCUT2D eigenvalue weighted by molar-refractivity contribution is 5.80. The molecule has 2 atom stereocenters. The van der Waals surface area contributed by atoms with Gasteiger partial charge in [0.1, 0.15) is 0 Å². The highest BCUT2D eigenvalue weighted by Crippen LogP contribution is 2.35. The molecule has 0 spiro atoms. The molecule has 1 saturated heterocycles. The zero-order valence-corrected chi connectivity index (χ0v) is 13.0. The maximum atomic E-state index is 12.1. The van der Waals surface area contributed by atoms with Crippen LogP contribution < -0.4 is 10.6 Å². The molecular weight excluding hydrogens is 262 g/mol. The number of likely N-dealkylation sites (tertiary alicyclic amines) is 1. The minimum Gasteiger partial charge on any atom is -0.374 e. The van der Waals surface area contributed by atoms with Crippen LogP contribution in [-0.2, 0) is 11.2 Å². The monoisotopic (exact) mass is 287 g/mol. The Balaban J connectivity index is 1.94. The van der Waals surface area contributed by atoms with Crippen molar-refractivity contribution in [3.63, 3.8) is 0 Å². The lowest BCUT2D eigenvalue weighted by Gasteiger charge is -2.31. The van der Waals surface area contributed by atoms with Gasteiger partial charge >= 0.3 is 0 Å². The quantitative estimate of drug-likeness (QED) is 0.926. The number of benzene rings is 1. The number of fused-ring (bicyclic) bond motifs is 1. The number of rotatable bonds is 3. The first-order valence-electron chi connectivity index (χ1n) is 8.01. The second-order valence-electron chi connectivity index (χ2n) is 6.31. The standard InChI is InChI=1S/C17H25N3O/c1-3-8-20-16(21)11-14(18)17(20)13-6-7-15-12(10-13)5-4-9-19(15)2/h6-7,10,14,17H,3-5,8-9,11,18H2,1-2H3. The summed E-state index contributed by atoms with van der Waals surface area (Å²) in [4.78, 5) is 16.4. The van der Waals surface area contributed by atoms with Crippen molar-refractivity contribution in [2.75, 3.05) is 25.0 Å². The normalized spacial score (nSPS) is 25.4. The summed E-state index contributed by atoms with van der Waals surface area (Å²) in [5, 5.41) is 0. The predicted molar refractivity (Wildman–Crippen MR) is 85.4 cm³/mol. The number of nitrogens with zero attached hydrogens (tertiary/aromatic N) is 2. The van der Waals surface area contributed by atoms with Gasteiger partial charge in [0.2, 0.25) is 5.91 Å². The van der Waals surface area contributed by atoms with Crippen LogP contribution in [0.5, 0.6) is 0 Å². The SMILES string of the molecule is CCCN1C(=O)CC(N)C1c1ccc2c(c1)CCCN2C. The number of hydrogen-bond donors (Lipinski definition) is 1. The number of anilines is 1. The van der Waals surface area contributed by atoms with Crippen molar-refractivity contribution in [2.24, 2.45) is 5.73 Å². The van der Waals surface area contributed by atoms with E-state index in [0.29, 0.717) is 6.42 Å². The van der Waals surface area contributed by atoms with Crippen molar-refractivity contribution in [1.82, 2.24) is 4.90 Å². The Morgan fingerprint density at radius 2 is 2.19 bits per heavy atom. The molecule has 2 aliphatic heterocycles. The minimum absolute atomic E-state index is 0.0509. The van der Waals surface area contributed by atoms with Gasteiger partial charge in [0.05, 0.1) is 6.04 Å². The summed E-state index contributed by atoms with van der Waals surface area (Å²) < 4.78 is 0. The molecule has 2 heterocycles. The first-order chi connectivity index (χ1) is 10.1. The first kappa shape index (κ1) is 14.4. The number of carbonyl (C=O) groups is 1.